The lowest BCUT2D eigenvalue weighted by Crippen LogP contribution is -2.31. The molecule has 1 aromatic carbocycles. The molecule has 8 heteroatoms. The van der Waals surface area contributed by atoms with Gasteiger partial charge in [0.2, 0.25) is 5.13 Å². The quantitative estimate of drug-likeness (QED) is 0.706. The second-order valence-corrected chi connectivity index (χ2v) is 7.79. The largest absolute Gasteiger partial charge is 0.330 e. The van der Waals surface area contributed by atoms with Gasteiger partial charge in [-0.15, -0.1) is 10.2 Å². The number of rotatable bonds is 5. The molecule has 3 aromatic rings. The molecule has 1 unspecified atom stereocenters. The first-order chi connectivity index (χ1) is 13.6. The zero-order valence-electron chi connectivity index (χ0n) is 15.9. The fourth-order valence-corrected chi connectivity index (χ4v) is 4.13. The number of aromatic nitrogens is 4. The number of nitrogens with one attached hydrogen (secondary N) is 1. The highest BCUT2D eigenvalue weighted by Crippen LogP contribution is 2.33. The first-order valence-electron chi connectivity index (χ1n) is 9.45. The first-order valence-corrected chi connectivity index (χ1v) is 10.3. The molecule has 1 saturated heterocycles. The van der Waals surface area contributed by atoms with E-state index in [9.17, 15) is 4.79 Å². The van der Waals surface area contributed by atoms with Crippen LogP contribution in [-0.2, 0) is 6.42 Å². The summed E-state index contributed by atoms with van der Waals surface area (Å²) in [4.78, 5) is 24.0. The summed E-state index contributed by atoms with van der Waals surface area (Å²) in [6.07, 6.45) is 2.71. The van der Waals surface area contributed by atoms with Crippen LogP contribution in [-0.4, -0.2) is 37.5 Å². The van der Waals surface area contributed by atoms with Gasteiger partial charge in [-0.2, -0.15) is 0 Å². The molecule has 2 aromatic heterocycles. The van der Waals surface area contributed by atoms with Crippen molar-refractivity contribution in [1.29, 1.82) is 0 Å². The van der Waals surface area contributed by atoms with E-state index in [4.69, 9.17) is 0 Å². The Labute approximate surface area is 167 Å². The van der Waals surface area contributed by atoms with Crippen LogP contribution in [0.4, 0.5) is 10.9 Å². The van der Waals surface area contributed by atoms with E-state index < -0.39 is 0 Å². The minimum Gasteiger partial charge on any atom is -0.330 e. The van der Waals surface area contributed by atoms with Crippen LogP contribution in [0.15, 0.2) is 36.4 Å². The Morgan fingerprint density at radius 3 is 2.82 bits per heavy atom. The van der Waals surface area contributed by atoms with Crippen molar-refractivity contribution in [3.05, 3.63) is 58.5 Å². The molecule has 1 amide bonds. The number of likely N-dealkylation sites (tertiary alicyclic amines) is 1. The summed E-state index contributed by atoms with van der Waals surface area (Å²) in [5, 5.41) is 13.2. The maximum atomic E-state index is 13.0. The van der Waals surface area contributed by atoms with E-state index in [0.717, 1.165) is 36.5 Å². The number of hydrogen-bond acceptors (Lipinski definition) is 7. The van der Waals surface area contributed by atoms with Crippen LogP contribution >= 0.6 is 11.3 Å². The maximum absolute atomic E-state index is 13.0. The van der Waals surface area contributed by atoms with Crippen LogP contribution in [0.1, 0.15) is 52.7 Å². The van der Waals surface area contributed by atoms with Gasteiger partial charge >= 0.3 is 0 Å². The lowest BCUT2D eigenvalue weighted by Gasteiger charge is -2.25. The third-order valence-corrected chi connectivity index (χ3v) is 5.72. The van der Waals surface area contributed by atoms with Gasteiger partial charge < -0.3 is 10.2 Å². The van der Waals surface area contributed by atoms with Gasteiger partial charge in [0.25, 0.3) is 5.91 Å². The van der Waals surface area contributed by atoms with Crippen molar-refractivity contribution in [2.24, 2.45) is 0 Å². The van der Waals surface area contributed by atoms with Gasteiger partial charge in [0.05, 0.1) is 11.7 Å². The number of hydrogen-bond donors (Lipinski definition) is 1. The Morgan fingerprint density at radius 2 is 2.07 bits per heavy atom. The molecule has 144 valence electrons. The van der Waals surface area contributed by atoms with Crippen LogP contribution in [0.25, 0.3) is 0 Å². The van der Waals surface area contributed by atoms with Crippen LogP contribution in [0.5, 0.6) is 0 Å². The molecule has 7 nitrogen and oxygen atoms in total. The second-order valence-electron chi connectivity index (χ2n) is 6.73. The van der Waals surface area contributed by atoms with Gasteiger partial charge in [0.15, 0.2) is 0 Å². The molecule has 0 aliphatic carbocycles. The Balaban J connectivity index is 1.59. The van der Waals surface area contributed by atoms with Crippen molar-refractivity contribution in [3.63, 3.8) is 0 Å². The molecule has 0 bridgehead atoms. The number of amides is 1. The van der Waals surface area contributed by atoms with E-state index >= 15 is 0 Å². The van der Waals surface area contributed by atoms with Gasteiger partial charge in [0.1, 0.15) is 16.6 Å². The lowest BCUT2D eigenvalue weighted by molar-refractivity contribution is 0.0732. The highest BCUT2D eigenvalue weighted by atomic mass is 32.1. The summed E-state index contributed by atoms with van der Waals surface area (Å²) < 4.78 is 0. The Bertz CT molecular complexity index is 974. The number of aryl methyl sites for hydroxylation is 2. The number of nitrogens with zero attached hydrogens (tertiary/aromatic N) is 5. The van der Waals surface area contributed by atoms with E-state index in [1.165, 1.54) is 11.3 Å². The third-order valence-electron chi connectivity index (χ3n) is 4.74. The van der Waals surface area contributed by atoms with Crippen molar-refractivity contribution in [3.8, 4) is 0 Å². The summed E-state index contributed by atoms with van der Waals surface area (Å²) in [6.45, 7) is 4.65. The van der Waals surface area contributed by atoms with Crippen LogP contribution in [0, 0.1) is 6.92 Å². The lowest BCUT2D eigenvalue weighted by atomic mass is 10.1. The molecule has 1 N–H and O–H groups in total. The number of carbonyl (C=O) groups excluding carboxylic acids is 1. The van der Waals surface area contributed by atoms with Crippen LogP contribution < -0.4 is 5.32 Å². The topological polar surface area (TPSA) is 83.9 Å². The summed E-state index contributed by atoms with van der Waals surface area (Å²) in [5.74, 6) is 1.39. The fourth-order valence-electron chi connectivity index (χ4n) is 3.45. The van der Waals surface area contributed by atoms with E-state index in [0.29, 0.717) is 22.3 Å². The van der Waals surface area contributed by atoms with Gasteiger partial charge in [-0.05, 0) is 38.3 Å². The molecular formula is C20H22N6OS. The SMILES string of the molecule is CCc1nnc(Nc2cc(C3CCCN3C(=O)c3ccccc3)nc(C)n2)s1. The molecule has 1 atom stereocenters. The van der Waals surface area contributed by atoms with Crippen LogP contribution in [0.2, 0.25) is 0 Å². The maximum Gasteiger partial charge on any atom is 0.254 e. The van der Waals surface area contributed by atoms with E-state index in [-0.39, 0.29) is 11.9 Å². The average Bonchev–Trinajstić information content (AvgIpc) is 3.37. The Hall–Kier alpha value is -2.87. The molecule has 1 fully saturated rings. The van der Waals surface area contributed by atoms with Crippen LogP contribution in [0.3, 0.4) is 0 Å². The Kier molecular flexibility index (Phi) is 5.29. The van der Waals surface area contributed by atoms with Crippen molar-refractivity contribution in [2.75, 3.05) is 11.9 Å². The highest BCUT2D eigenvalue weighted by molar-refractivity contribution is 7.15. The zero-order chi connectivity index (χ0) is 19.5. The van der Waals surface area contributed by atoms with Gasteiger partial charge in [-0.1, -0.05) is 36.5 Å². The summed E-state index contributed by atoms with van der Waals surface area (Å²) >= 11 is 1.52. The minimum atomic E-state index is -0.0458. The fraction of sp³-hybridized carbons (Fsp3) is 0.350. The minimum absolute atomic E-state index is 0.0458. The summed E-state index contributed by atoms with van der Waals surface area (Å²) in [7, 11) is 0. The molecule has 4 rings (SSSR count). The average molecular weight is 395 g/mol. The molecule has 1 aliphatic rings. The number of carbonyl (C=O) groups is 1. The molecule has 0 saturated carbocycles. The van der Waals surface area contributed by atoms with Gasteiger partial charge in [-0.25, -0.2) is 9.97 Å². The van der Waals surface area contributed by atoms with Crippen molar-refractivity contribution < 1.29 is 4.79 Å². The van der Waals surface area contributed by atoms with Crippen molar-refractivity contribution in [2.45, 2.75) is 39.2 Å². The monoisotopic (exact) mass is 394 g/mol. The van der Waals surface area contributed by atoms with E-state index in [1.54, 1.807) is 0 Å². The predicted octanol–water partition coefficient (Wildman–Crippen LogP) is 3.92. The van der Waals surface area contributed by atoms with E-state index in [2.05, 4.69) is 32.4 Å². The predicted molar refractivity (Wildman–Crippen MR) is 109 cm³/mol. The number of benzene rings is 1. The number of anilines is 2. The van der Waals surface area contributed by atoms with Gasteiger partial charge in [0, 0.05) is 18.2 Å². The molecule has 28 heavy (non-hydrogen) atoms. The van der Waals surface area contributed by atoms with Crippen molar-refractivity contribution in [1.82, 2.24) is 25.1 Å². The second kappa shape index (κ2) is 8.02. The smallest absolute Gasteiger partial charge is 0.254 e. The van der Waals surface area contributed by atoms with Gasteiger partial charge in [-0.3, -0.25) is 4.79 Å². The zero-order valence-corrected chi connectivity index (χ0v) is 16.7. The first kappa shape index (κ1) is 18.5. The Morgan fingerprint density at radius 1 is 1.25 bits per heavy atom. The molecule has 0 radical (unpaired) electrons. The standard InChI is InChI=1S/C20H22N6OS/c1-3-18-24-25-20(28-18)23-17-12-15(21-13(2)22-17)16-10-7-11-26(16)19(27)14-8-5-4-6-9-14/h4-6,8-9,12,16H,3,7,10-11H2,1-2H3,(H,21,22,23,25). The normalized spacial score (nSPS) is 16.4. The highest BCUT2D eigenvalue weighted by Gasteiger charge is 2.32. The van der Waals surface area contributed by atoms with Crippen molar-refractivity contribution >= 4 is 28.2 Å². The summed E-state index contributed by atoms with van der Waals surface area (Å²) in [5.41, 5.74) is 1.57. The molecule has 1 aliphatic heterocycles. The molecule has 3 heterocycles. The molecular weight excluding hydrogens is 372 g/mol. The third kappa shape index (κ3) is 3.87. The van der Waals surface area contributed by atoms with E-state index in [1.807, 2.05) is 48.2 Å². The molecule has 0 spiro atoms. The summed E-state index contributed by atoms with van der Waals surface area (Å²) in [6, 6.07) is 11.3.